The summed E-state index contributed by atoms with van der Waals surface area (Å²) in [4.78, 5) is 17.5. The second kappa shape index (κ2) is 9.57. The van der Waals surface area contributed by atoms with E-state index in [9.17, 15) is 4.79 Å². The SMILES string of the molecule is CN(C(=O)Cc1ccc(Cl)c(Cl)c1)[C@@H]1c2ccccc2OC[C@H]1N1CCCC1.Cl. The number of carbonyl (C=O) groups is 1. The number of hydrogen-bond donors (Lipinski definition) is 0. The molecule has 2 heterocycles. The van der Waals surface area contributed by atoms with Crippen molar-refractivity contribution >= 4 is 41.5 Å². The van der Waals surface area contributed by atoms with Crippen LogP contribution in [0.2, 0.25) is 10.0 Å². The van der Waals surface area contributed by atoms with E-state index in [4.69, 9.17) is 27.9 Å². The van der Waals surface area contributed by atoms with Gasteiger partial charge in [-0.3, -0.25) is 9.69 Å². The third kappa shape index (κ3) is 4.66. The van der Waals surface area contributed by atoms with Crippen LogP contribution >= 0.6 is 35.6 Å². The third-order valence-electron chi connectivity index (χ3n) is 5.77. The number of benzene rings is 2. The Hall–Kier alpha value is -1.46. The van der Waals surface area contributed by atoms with Crippen molar-refractivity contribution in [3.05, 3.63) is 63.6 Å². The van der Waals surface area contributed by atoms with E-state index < -0.39 is 0 Å². The predicted molar refractivity (Wildman–Crippen MR) is 119 cm³/mol. The maximum absolute atomic E-state index is 13.2. The first-order valence-electron chi connectivity index (χ1n) is 9.70. The van der Waals surface area contributed by atoms with E-state index in [1.54, 1.807) is 12.1 Å². The number of ether oxygens (including phenoxy) is 1. The third-order valence-corrected chi connectivity index (χ3v) is 6.51. The molecular weight excluding hydrogens is 431 g/mol. The lowest BCUT2D eigenvalue weighted by atomic mass is 9.93. The Morgan fingerprint density at radius 2 is 1.86 bits per heavy atom. The highest BCUT2D eigenvalue weighted by Gasteiger charge is 2.39. The number of halogens is 3. The van der Waals surface area contributed by atoms with Crippen LogP contribution in [0.5, 0.6) is 5.75 Å². The summed E-state index contributed by atoms with van der Waals surface area (Å²) < 4.78 is 6.04. The highest BCUT2D eigenvalue weighted by molar-refractivity contribution is 6.42. The van der Waals surface area contributed by atoms with Crippen molar-refractivity contribution in [1.82, 2.24) is 9.80 Å². The maximum atomic E-state index is 13.2. The fraction of sp³-hybridized carbons (Fsp3) is 0.409. The number of rotatable bonds is 4. The summed E-state index contributed by atoms with van der Waals surface area (Å²) in [5, 5.41) is 0.972. The number of likely N-dealkylation sites (N-methyl/N-ethyl adjacent to an activating group) is 1. The molecule has 0 N–H and O–H groups in total. The molecule has 2 aromatic carbocycles. The van der Waals surface area contributed by atoms with Gasteiger partial charge in [-0.25, -0.2) is 0 Å². The van der Waals surface area contributed by atoms with E-state index in [-0.39, 0.29) is 30.4 Å². The van der Waals surface area contributed by atoms with Crippen molar-refractivity contribution in [2.75, 3.05) is 26.7 Å². The average molecular weight is 456 g/mol. The van der Waals surface area contributed by atoms with Crippen molar-refractivity contribution in [2.45, 2.75) is 31.3 Å². The largest absolute Gasteiger partial charge is 0.491 e. The van der Waals surface area contributed by atoms with E-state index >= 15 is 0 Å². The molecule has 0 saturated carbocycles. The minimum atomic E-state index is -0.0293. The molecule has 0 aliphatic carbocycles. The molecule has 29 heavy (non-hydrogen) atoms. The zero-order chi connectivity index (χ0) is 19.7. The first-order valence-corrected chi connectivity index (χ1v) is 10.5. The van der Waals surface area contributed by atoms with Gasteiger partial charge in [0.05, 0.1) is 28.5 Å². The summed E-state index contributed by atoms with van der Waals surface area (Å²) in [6, 6.07) is 13.6. The lowest BCUT2D eigenvalue weighted by Gasteiger charge is -2.43. The summed E-state index contributed by atoms with van der Waals surface area (Å²) in [5.74, 6) is 0.932. The average Bonchev–Trinajstić information content (AvgIpc) is 3.24. The molecule has 156 valence electrons. The van der Waals surface area contributed by atoms with E-state index in [1.165, 1.54) is 12.8 Å². The van der Waals surface area contributed by atoms with Crippen LogP contribution in [0, 0.1) is 0 Å². The molecule has 1 amide bonds. The zero-order valence-electron chi connectivity index (χ0n) is 16.3. The number of hydrogen-bond acceptors (Lipinski definition) is 3. The first-order chi connectivity index (χ1) is 13.5. The monoisotopic (exact) mass is 454 g/mol. The van der Waals surface area contributed by atoms with E-state index in [2.05, 4.69) is 11.0 Å². The summed E-state index contributed by atoms with van der Waals surface area (Å²) >= 11 is 12.1. The van der Waals surface area contributed by atoms with Gasteiger partial charge in [0, 0.05) is 12.6 Å². The molecule has 7 heteroatoms. The Labute approximate surface area is 188 Å². The van der Waals surface area contributed by atoms with Gasteiger partial charge in [-0.1, -0.05) is 47.5 Å². The fourth-order valence-electron chi connectivity index (χ4n) is 4.28. The second-order valence-electron chi connectivity index (χ2n) is 7.53. The van der Waals surface area contributed by atoms with Crippen molar-refractivity contribution in [3.63, 3.8) is 0 Å². The fourth-order valence-corrected chi connectivity index (χ4v) is 4.60. The minimum absolute atomic E-state index is 0. The standard InChI is InChI=1S/C22H24Cl2N2O2.ClH/c1-25(21(27)13-15-8-9-17(23)18(24)12-15)22-16-6-2-3-7-20(16)28-14-19(22)26-10-4-5-11-26;/h2-3,6-9,12,19,22H,4-5,10-11,13-14H2,1H3;1H/t19-,22-;/m1./s1. The number of fused-ring (bicyclic) bond motifs is 1. The van der Waals surface area contributed by atoms with E-state index in [0.717, 1.165) is 30.0 Å². The Morgan fingerprint density at radius 3 is 2.59 bits per heavy atom. The molecule has 4 rings (SSSR count). The smallest absolute Gasteiger partial charge is 0.227 e. The van der Waals surface area contributed by atoms with Crippen LogP contribution in [0.25, 0.3) is 0 Å². The van der Waals surface area contributed by atoms with Crippen LogP contribution in [-0.4, -0.2) is 48.5 Å². The molecule has 2 atom stereocenters. The van der Waals surface area contributed by atoms with Gasteiger partial charge in [0.15, 0.2) is 0 Å². The molecule has 4 nitrogen and oxygen atoms in total. The lowest BCUT2D eigenvalue weighted by Crippen LogP contribution is -2.51. The number of likely N-dealkylation sites (tertiary alicyclic amines) is 1. The summed E-state index contributed by atoms with van der Waals surface area (Å²) in [5.41, 5.74) is 1.94. The highest BCUT2D eigenvalue weighted by Crippen LogP contribution is 2.38. The Bertz CT molecular complexity index is 871. The van der Waals surface area contributed by atoms with Gasteiger partial charge in [-0.2, -0.15) is 0 Å². The molecule has 2 aliphatic heterocycles. The summed E-state index contributed by atoms with van der Waals surface area (Å²) in [6.07, 6.45) is 2.69. The van der Waals surface area contributed by atoms with Crippen molar-refractivity contribution in [1.29, 1.82) is 0 Å². The number of para-hydroxylation sites is 1. The molecular formula is C22H25Cl3N2O2. The summed E-state index contributed by atoms with van der Waals surface area (Å²) in [7, 11) is 1.90. The van der Waals surface area contributed by atoms with Crippen LogP contribution in [0.3, 0.4) is 0 Å². The quantitative estimate of drug-likeness (QED) is 0.649. The molecule has 0 aromatic heterocycles. The van der Waals surface area contributed by atoms with Gasteiger partial charge in [0.1, 0.15) is 12.4 Å². The Balaban J connectivity index is 0.00000240. The van der Waals surface area contributed by atoms with Crippen molar-refractivity contribution in [2.24, 2.45) is 0 Å². The molecule has 2 aromatic rings. The molecule has 1 fully saturated rings. The van der Waals surface area contributed by atoms with Crippen LogP contribution < -0.4 is 4.74 Å². The molecule has 0 unspecified atom stereocenters. The second-order valence-corrected chi connectivity index (χ2v) is 8.35. The molecule has 0 bridgehead atoms. The lowest BCUT2D eigenvalue weighted by molar-refractivity contribution is -0.133. The van der Waals surface area contributed by atoms with Crippen LogP contribution in [-0.2, 0) is 11.2 Å². The maximum Gasteiger partial charge on any atom is 0.227 e. The van der Waals surface area contributed by atoms with Gasteiger partial charge in [0.2, 0.25) is 5.91 Å². The van der Waals surface area contributed by atoms with Crippen LogP contribution in [0.15, 0.2) is 42.5 Å². The van der Waals surface area contributed by atoms with Crippen molar-refractivity contribution < 1.29 is 9.53 Å². The zero-order valence-corrected chi connectivity index (χ0v) is 18.6. The van der Waals surface area contributed by atoms with Crippen molar-refractivity contribution in [3.8, 4) is 5.75 Å². The van der Waals surface area contributed by atoms with Gasteiger partial charge >= 0.3 is 0 Å². The summed E-state index contributed by atoms with van der Waals surface area (Å²) in [6.45, 7) is 2.72. The van der Waals surface area contributed by atoms with Crippen LogP contribution in [0.1, 0.15) is 30.0 Å². The molecule has 0 spiro atoms. The van der Waals surface area contributed by atoms with Gasteiger partial charge in [-0.15, -0.1) is 12.4 Å². The molecule has 2 aliphatic rings. The number of carbonyl (C=O) groups excluding carboxylic acids is 1. The topological polar surface area (TPSA) is 32.8 Å². The minimum Gasteiger partial charge on any atom is -0.491 e. The number of nitrogens with zero attached hydrogens (tertiary/aromatic N) is 2. The predicted octanol–water partition coefficient (Wildman–Crippen LogP) is 5.01. The Morgan fingerprint density at radius 1 is 1.14 bits per heavy atom. The van der Waals surface area contributed by atoms with Gasteiger partial charge < -0.3 is 9.64 Å². The van der Waals surface area contributed by atoms with Crippen LogP contribution in [0.4, 0.5) is 0 Å². The number of amides is 1. The normalized spacial score (nSPS) is 21.1. The van der Waals surface area contributed by atoms with Gasteiger partial charge in [-0.05, 0) is 49.7 Å². The highest BCUT2D eigenvalue weighted by atomic mass is 35.5. The first kappa shape index (κ1) is 22.2. The van der Waals surface area contributed by atoms with E-state index in [1.807, 2.05) is 36.2 Å². The van der Waals surface area contributed by atoms with E-state index in [0.29, 0.717) is 23.1 Å². The van der Waals surface area contributed by atoms with Gasteiger partial charge in [0.25, 0.3) is 0 Å². The molecule has 1 saturated heterocycles. The Kier molecular flexibility index (Phi) is 7.33. The molecule has 0 radical (unpaired) electrons.